The van der Waals surface area contributed by atoms with Crippen molar-refractivity contribution in [3.05, 3.63) is 17.8 Å². The lowest BCUT2D eigenvalue weighted by atomic mass is 10.2. The Morgan fingerprint density at radius 2 is 2.41 bits per heavy atom. The average Bonchev–Trinajstić information content (AvgIpc) is 2.79. The predicted octanol–water partition coefficient (Wildman–Crippen LogP) is 1.98. The van der Waals surface area contributed by atoms with Gasteiger partial charge in [-0.15, -0.1) is 0 Å². The van der Waals surface area contributed by atoms with Gasteiger partial charge in [-0.25, -0.2) is 4.98 Å². The molecule has 0 bridgehead atoms. The van der Waals surface area contributed by atoms with Crippen LogP contribution in [-0.4, -0.2) is 30.8 Å². The van der Waals surface area contributed by atoms with Gasteiger partial charge >= 0.3 is 0 Å². The Morgan fingerprint density at radius 1 is 1.59 bits per heavy atom. The van der Waals surface area contributed by atoms with Crippen molar-refractivity contribution in [1.82, 2.24) is 4.98 Å². The number of nitrogens with zero attached hydrogens (tertiary/aromatic N) is 2. The van der Waals surface area contributed by atoms with Gasteiger partial charge in [-0.3, -0.25) is 0 Å². The highest BCUT2D eigenvalue weighted by Crippen LogP contribution is 2.23. The van der Waals surface area contributed by atoms with Crippen LogP contribution in [-0.2, 0) is 4.74 Å². The minimum Gasteiger partial charge on any atom is -0.396 e. The highest BCUT2D eigenvalue weighted by atomic mass is 16.5. The molecule has 1 aliphatic heterocycles. The van der Waals surface area contributed by atoms with Gasteiger partial charge in [0.15, 0.2) is 5.82 Å². The molecule has 0 aliphatic carbocycles. The van der Waals surface area contributed by atoms with E-state index in [1.165, 1.54) is 6.42 Å². The number of pyridine rings is 1. The van der Waals surface area contributed by atoms with Crippen LogP contribution in [0, 0.1) is 6.92 Å². The maximum absolute atomic E-state index is 6.03. The smallest absolute Gasteiger partial charge is 0.151 e. The van der Waals surface area contributed by atoms with Gasteiger partial charge in [0.05, 0.1) is 11.8 Å². The molecule has 0 radical (unpaired) electrons. The van der Waals surface area contributed by atoms with Crippen LogP contribution in [0.5, 0.6) is 0 Å². The van der Waals surface area contributed by atoms with E-state index in [0.717, 1.165) is 43.2 Å². The lowest BCUT2D eigenvalue weighted by molar-refractivity contribution is 0.115. The number of likely N-dealkylation sites (N-methyl/N-ethyl adjacent to an activating group) is 1. The number of hydrogen-bond acceptors (Lipinski definition) is 4. The minimum absolute atomic E-state index is 0.331. The van der Waals surface area contributed by atoms with Gasteiger partial charge < -0.3 is 15.4 Å². The Morgan fingerprint density at radius 3 is 3.00 bits per heavy atom. The summed E-state index contributed by atoms with van der Waals surface area (Å²) in [4.78, 5) is 6.64. The molecule has 17 heavy (non-hydrogen) atoms. The van der Waals surface area contributed by atoms with Crippen molar-refractivity contribution in [2.24, 2.45) is 0 Å². The number of rotatable bonds is 4. The van der Waals surface area contributed by atoms with Crippen molar-refractivity contribution in [2.75, 3.05) is 30.3 Å². The molecule has 2 heterocycles. The molecule has 1 fully saturated rings. The van der Waals surface area contributed by atoms with E-state index in [9.17, 15) is 0 Å². The molecule has 1 aromatic heterocycles. The number of nitrogens with two attached hydrogens (primary N) is 1. The van der Waals surface area contributed by atoms with Gasteiger partial charge in [0.1, 0.15) is 0 Å². The first-order chi connectivity index (χ1) is 8.20. The van der Waals surface area contributed by atoms with Gasteiger partial charge in [0, 0.05) is 25.9 Å². The summed E-state index contributed by atoms with van der Waals surface area (Å²) >= 11 is 0. The maximum atomic E-state index is 6.03. The SMILES string of the molecule is CCN(CC1CCCO1)c1ncc(C)cc1N. The molecule has 1 aromatic rings. The van der Waals surface area contributed by atoms with Crippen LogP contribution in [0.2, 0.25) is 0 Å². The second-order valence-corrected chi connectivity index (χ2v) is 4.60. The Hall–Kier alpha value is -1.29. The van der Waals surface area contributed by atoms with E-state index in [0.29, 0.717) is 6.10 Å². The van der Waals surface area contributed by atoms with Gasteiger partial charge in [-0.1, -0.05) is 0 Å². The number of hydrogen-bond donors (Lipinski definition) is 1. The summed E-state index contributed by atoms with van der Waals surface area (Å²) in [7, 11) is 0. The van der Waals surface area contributed by atoms with Crippen molar-refractivity contribution in [3.63, 3.8) is 0 Å². The van der Waals surface area contributed by atoms with Crippen molar-refractivity contribution in [3.8, 4) is 0 Å². The van der Waals surface area contributed by atoms with Crippen molar-refractivity contribution < 1.29 is 4.74 Å². The fraction of sp³-hybridized carbons (Fsp3) is 0.615. The van der Waals surface area contributed by atoms with Crippen LogP contribution in [0.3, 0.4) is 0 Å². The molecule has 2 rings (SSSR count). The minimum atomic E-state index is 0.331. The van der Waals surface area contributed by atoms with Crippen LogP contribution in [0.1, 0.15) is 25.3 Å². The summed E-state index contributed by atoms with van der Waals surface area (Å²) in [5.41, 5.74) is 7.88. The molecule has 1 unspecified atom stereocenters. The van der Waals surface area contributed by atoms with Gasteiger partial charge in [-0.2, -0.15) is 0 Å². The van der Waals surface area contributed by atoms with E-state index in [1.54, 1.807) is 0 Å². The van der Waals surface area contributed by atoms with E-state index >= 15 is 0 Å². The van der Waals surface area contributed by atoms with Gasteiger partial charge in [-0.05, 0) is 38.3 Å². The summed E-state index contributed by atoms with van der Waals surface area (Å²) in [6.45, 7) is 6.80. The largest absolute Gasteiger partial charge is 0.396 e. The number of ether oxygens (including phenoxy) is 1. The van der Waals surface area contributed by atoms with E-state index in [-0.39, 0.29) is 0 Å². The first kappa shape index (κ1) is 12.2. The second kappa shape index (κ2) is 5.36. The van der Waals surface area contributed by atoms with E-state index in [2.05, 4.69) is 16.8 Å². The first-order valence-electron chi connectivity index (χ1n) is 6.29. The number of nitrogen functional groups attached to an aromatic ring is 1. The Bertz CT molecular complexity index is 375. The quantitative estimate of drug-likeness (QED) is 0.867. The molecule has 1 saturated heterocycles. The first-order valence-corrected chi connectivity index (χ1v) is 6.29. The van der Waals surface area contributed by atoms with E-state index in [4.69, 9.17) is 10.5 Å². The van der Waals surface area contributed by atoms with E-state index < -0.39 is 0 Å². The fourth-order valence-corrected chi connectivity index (χ4v) is 2.25. The standard InChI is InChI=1S/C13H21N3O/c1-3-16(9-11-5-4-6-17-11)13-12(14)7-10(2)8-15-13/h7-8,11H,3-6,9,14H2,1-2H3. The molecule has 0 aromatic carbocycles. The van der Waals surface area contributed by atoms with Crippen LogP contribution in [0.25, 0.3) is 0 Å². The second-order valence-electron chi connectivity index (χ2n) is 4.60. The average molecular weight is 235 g/mol. The molecule has 2 N–H and O–H groups in total. The molecule has 4 nitrogen and oxygen atoms in total. The van der Waals surface area contributed by atoms with Crippen LogP contribution in [0.15, 0.2) is 12.3 Å². The zero-order chi connectivity index (χ0) is 12.3. The van der Waals surface area contributed by atoms with E-state index in [1.807, 2.05) is 19.2 Å². The number of anilines is 2. The Balaban J connectivity index is 2.10. The summed E-state index contributed by atoms with van der Waals surface area (Å²) in [5.74, 6) is 0.883. The molecule has 4 heteroatoms. The normalized spacial score (nSPS) is 19.5. The molecule has 0 amide bonds. The molecule has 0 saturated carbocycles. The lowest BCUT2D eigenvalue weighted by Crippen LogP contribution is -2.33. The summed E-state index contributed by atoms with van der Waals surface area (Å²) in [6, 6.07) is 1.97. The van der Waals surface area contributed by atoms with Crippen molar-refractivity contribution in [1.29, 1.82) is 0 Å². The molecule has 1 aliphatic rings. The van der Waals surface area contributed by atoms with Crippen LogP contribution < -0.4 is 10.6 Å². The van der Waals surface area contributed by atoms with Crippen molar-refractivity contribution >= 4 is 11.5 Å². The third kappa shape index (κ3) is 2.88. The summed E-state index contributed by atoms with van der Waals surface area (Å²) in [5, 5.41) is 0. The van der Waals surface area contributed by atoms with Crippen LogP contribution in [0.4, 0.5) is 11.5 Å². The summed E-state index contributed by atoms with van der Waals surface area (Å²) < 4.78 is 5.66. The summed E-state index contributed by atoms with van der Waals surface area (Å²) in [6.07, 6.45) is 4.50. The maximum Gasteiger partial charge on any atom is 0.151 e. The third-order valence-electron chi connectivity index (χ3n) is 3.16. The highest BCUT2D eigenvalue weighted by molar-refractivity contribution is 5.63. The Kier molecular flexibility index (Phi) is 3.84. The predicted molar refractivity (Wildman–Crippen MR) is 70.2 cm³/mol. The third-order valence-corrected chi connectivity index (χ3v) is 3.16. The van der Waals surface area contributed by atoms with Gasteiger partial charge in [0.25, 0.3) is 0 Å². The lowest BCUT2D eigenvalue weighted by Gasteiger charge is -2.26. The molecule has 1 atom stereocenters. The van der Waals surface area contributed by atoms with Crippen LogP contribution >= 0.6 is 0 Å². The monoisotopic (exact) mass is 235 g/mol. The molecular formula is C13H21N3O. The topological polar surface area (TPSA) is 51.4 Å². The molecular weight excluding hydrogens is 214 g/mol. The number of aromatic nitrogens is 1. The molecule has 94 valence electrons. The zero-order valence-corrected chi connectivity index (χ0v) is 10.6. The fourth-order valence-electron chi connectivity index (χ4n) is 2.25. The zero-order valence-electron chi connectivity index (χ0n) is 10.6. The molecule has 0 spiro atoms. The highest BCUT2D eigenvalue weighted by Gasteiger charge is 2.20. The Labute approximate surface area is 103 Å². The van der Waals surface area contributed by atoms with Gasteiger partial charge in [0.2, 0.25) is 0 Å². The number of aryl methyl sites for hydroxylation is 1. The van der Waals surface area contributed by atoms with Crippen molar-refractivity contribution in [2.45, 2.75) is 32.8 Å².